The fraction of sp³-hybridized carbons (Fsp3) is 0.423. The van der Waals surface area contributed by atoms with E-state index >= 15 is 0 Å². The van der Waals surface area contributed by atoms with Crippen molar-refractivity contribution in [3.63, 3.8) is 0 Å². The van der Waals surface area contributed by atoms with Crippen molar-refractivity contribution in [1.82, 2.24) is 9.80 Å². The van der Waals surface area contributed by atoms with Gasteiger partial charge in [-0.2, -0.15) is 0 Å². The van der Waals surface area contributed by atoms with E-state index in [0.29, 0.717) is 36.8 Å². The van der Waals surface area contributed by atoms with Crippen molar-refractivity contribution in [2.45, 2.75) is 38.5 Å². The first kappa shape index (κ1) is 23.8. The SMILES string of the molecule is COCC(=O)Nc1ccc(C2OC(=O)N(Cc3ccccc3)C2C(=O)N2CCC(C)CC2)cc1. The summed E-state index contributed by atoms with van der Waals surface area (Å²) >= 11 is 0. The summed E-state index contributed by atoms with van der Waals surface area (Å²) in [6.45, 7) is 3.81. The number of carbonyl (C=O) groups excluding carboxylic acids is 3. The second-order valence-corrected chi connectivity index (χ2v) is 8.97. The molecule has 2 saturated heterocycles. The van der Waals surface area contributed by atoms with Crippen molar-refractivity contribution in [1.29, 1.82) is 0 Å². The molecule has 180 valence electrons. The van der Waals surface area contributed by atoms with Gasteiger partial charge in [0.25, 0.3) is 0 Å². The number of hydrogen-bond acceptors (Lipinski definition) is 5. The summed E-state index contributed by atoms with van der Waals surface area (Å²) < 4.78 is 10.6. The van der Waals surface area contributed by atoms with Gasteiger partial charge < -0.3 is 19.7 Å². The van der Waals surface area contributed by atoms with Gasteiger partial charge in [0.2, 0.25) is 11.8 Å². The zero-order valence-electron chi connectivity index (χ0n) is 19.6. The molecule has 0 aromatic heterocycles. The van der Waals surface area contributed by atoms with Crippen molar-refractivity contribution in [3.05, 3.63) is 65.7 Å². The molecule has 0 bridgehead atoms. The van der Waals surface area contributed by atoms with E-state index in [4.69, 9.17) is 9.47 Å². The van der Waals surface area contributed by atoms with Crippen LogP contribution in [-0.2, 0) is 25.6 Å². The van der Waals surface area contributed by atoms with Crippen LogP contribution in [0.15, 0.2) is 54.6 Å². The van der Waals surface area contributed by atoms with Gasteiger partial charge in [-0.1, -0.05) is 49.4 Å². The molecule has 2 aromatic rings. The first-order valence-electron chi connectivity index (χ1n) is 11.6. The number of amides is 3. The Bertz CT molecular complexity index is 1000. The van der Waals surface area contributed by atoms with Crippen LogP contribution in [0.3, 0.4) is 0 Å². The number of likely N-dealkylation sites (tertiary alicyclic amines) is 1. The third-order valence-corrected chi connectivity index (χ3v) is 6.43. The van der Waals surface area contributed by atoms with Gasteiger partial charge >= 0.3 is 6.09 Å². The minimum Gasteiger partial charge on any atom is -0.438 e. The molecule has 2 fully saturated rings. The highest BCUT2D eigenvalue weighted by atomic mass is 16.6. The first-order chi connectivity index (χ1) is 16.5. The Morgan fingerprint density at radius 2 is 1.74 bits per heavy atom. The van der Waals surface area contributed by atoms with Crippen LogP contribution in [0.5, 0.6) is 0 Å². The van der Waals surface area contributed by atoms with Gasteiger partial charge in [-0.3, -0.25) is 14.5 Å². The second kappa shape index (κ2) is 10.7. The fourth-order valence-electron chi connectivity index (χ4n) is 4.47. The number of hydrogen-bond donors (Lipinski definition) is 1. The highest BCUT2D eigenvalue weighted by Crippen LogP contribution is 2.36. The largest absolute Gasteiger partial charge is 0.438 e. The molecule has 1 N–H and O–H groups in total. The molecule has 0 spiro atoms. The standard InChI is InChI=1S/C26H31N3O5/c1-18-12-14-28(15-13-18)25(31)23-24(20-8-10-21(11-9-20)27-22(30)17-33-2)34-26(32)29(23)16-19-6-4-3-5-7-19/h3-11,18,23-24H,12-17H2,1-2H3,(H,27,30). The van der Waals surface area contributed by atoms with Gasteiger partial charge in [-0.25, -0.2) is 4.79 Å². The molecule has 2 aliphatic rings. The number of ether oxygens (including phenoxy) is 2. The third kappa shape index (κ3) is 5.39. The molecule has 3 amide bonds. The van der Waals surface area contributed by atoms with E-state index in [2.05, 4.69) is 12.2 Å². The van der Waals surface area contributed by atoms with Crippen LogP contribution < -0.4 is 5.32 Å². The molecule has 8 heteroatoms. The smallest absolute Gasteiger partial charge is 0.411 e. The molecule has 8 nitrogen and oxygen atoms in total. The number of nitrogens with zero attached hydrogens (tertiary/aromatic N) is 2. The Hall–Kier alpha value is -3.39. The molecule has 2 unspecified atom stereocenters. The average Bonchev–Trinajstić information content (AvgIpc) is 3.16. The fourth-order valence-corrected chi connectivity index (χ4v) is 4.47. The van der Waals surface area contributed by atoms with E-state index < -0.39 is 18.2 Å². The second-order valence-electron chi connectivity index (χ2n) is 8.97. The maximum Gasteiger partial charge on any atom is 0.411 e. The number of anilines is 1. The molecule has 2 heterocycles. The molecule has 4 rings (SSSR count). The van der Waals surface area contributed by atoms with Crippen molar-refractivity contribution < 1.29 is 23.9 Å². The van der Waals surface area contributed by atoms with Gasteiger partial charge in [0, 0.05) is 25.9 Å². The number of cyclic esters (lactones) is 1. The highest BCUT2D eigenvalue weighted by molar-refractivity contribution is 5.92. The number of rotatable bonds is 7. The molecular formula is C26H31N3O5. The van der Waals surface area contributed by atoms with E-state index in [0.717, 1.165) is 18.4 Å². The Morgan fingerprint density at radius 3 is 2.38 bits per heavy atom. The van der Waals surface area contributed by atoms with E-state index in [1.807, 2.05) is 35.2 Å². The number of methoxy groups -OCH3 is 1. The monoisotopic (exact) mass is 465 g/mol. The minimum atomic E-state index is -0.755. The molecule has 2 atom stereocenters. The Labute approximate surface area is 199 Å². The summed E-state index contributed by atoms with van der Waals surface area (Å²) in [6.07, 6.45) is 0.667. The third-order valence-electron chi connectivity index (χ3n) is 6.43. The molecule has 0 aliphatic carbocycles. The highest BCUT2D eigenvalue weighted by Gasteiger charge is 2.48. The van der Waals surface area contributed by atoms with Gasteiger partial charge in [-0.05, 0) is 42.0 Å². The zero-order valence-corrected chi connectivity index (χ0v) is 19.6. The van der Waals surface area contributed by atoms with Gasteiger partial charge in [0.1, 0.15) is 6.61 Å². The maximum absolute atomic E-state index is 13.7. The molecule has 2 aliphatic heterocycles. The lowest BCUT2D eigenvalue weighted by Gasteiger charge is -2.34. The summed E-state index contributed by atoms with van der Waals surface area (Å²) in [4.78, 5) is 41.8. The predicted molar refractivity (Wildman–Crippen MR) is 127 cm³/mol. The molecular weight excluding hydrogens is 434 g/mol. The first-order valence-corrected chi connectivity index (χ1v) is 11.6. The van der Waals surface area contributed by atoms with Crippen LogP contribution in [0.1, 0.15) is 37.0 Å². The number of carbonyl (C=O) groups is 3. The van der Waals surface area contributed by atoms with Gasteiger partial charge in [-0.15, -0.1) is 0 Å². The zero-order chi connectivity index (χ0) is 24.1. The Kier molecular flexibility index (Phi) is 7.47. The van der Waals surface area contributed by atoms with Crippen LogP contribution in [0.25, 0.3) is 0 Å². The topological polar surface area (TPSA) is 88.2 Å². The van der Waals surface area contributed by atoms with E-state index in [9.17, 15) is 14.4 Å². The summed E-state index contributed by atoms with van der Waals surface area (Å²) in [5, 5.41) is 2.74. The Balaban J connectivity index is 1.58. The number of nitrogens with one attached hydrogen (secondary N) is 1. The Morgan fingerprint density at radius 1 is 1.06 bits per heavy atom. The van der Waals surface area contributed by atoms with E-state index in [1.54, 1.807) is 24.3 Å². The summed E-state index contributed by atoms with van der Waals surface area (Å²) in [5.41, 5.74) is 2.24. The maximum atomic E-state index is 13.7. The molecule has 0 saturated carbocycles. The van der Waals surface area contributed by atoms with Crippen LogP contribution >= 0.6 is 0 Å². The summed E-state index contributed by atoms with van der Waals surface area (Å²) in [5.74, 6) is 0.239. The summed E-state index contributed by atoms with van der Waals surface area (Å²) in [7, 11) is 1.46. The lowest BCUT2D eigenvalue weighted by atomic mass is 9.96. The van der Waals surface area contributed by atoms with Crippen LogP contribution in [0, 0.1) is 5.92 Å². The van der Waals surface area contributed by atoms with E-state index in [1.165, 1.54) is 12.0 Å². The molecule has 2 aromatic carbocycles. The molecule has 0 radical (unpaired) electrons. The number of piperidine rings is 1. The van der Waals surface area contributed by atoms with E-state index in [-0.39, 0.29) is 18.4 Å². The summed E-state index contributed by atoms with van der Waals surface area (Å²) in [6, 6.07) is 15.9. The van der Waals surface area contributed by atoms with Crippen molar-refractivity contribution in [2.75, 3.05) is 32.1 Å². The lowest BCUT2D eigenvalue weighted by Crippen LogP contribution is -2.50. The predicted octanol–water partition coefficient (Wildman–Crippen LogP) is 3.59. The van der Waals surface area contributed by atoms with Gasteiger partial charge in [0.15, 0.2) is 12.1 Å². The van der Waals surface area contributed by atoms with Crippen molar-refractivity contribution in [2.24, 2.45) is 5.92 Å². The molecule has 34 heavy (non-hydrogen) atoms. The number of benzene rings is 2. The van der Waals surface area contributed by atoms with Crippen molar-refractivity contribution in [3.8, 4) is 0 Å². The normalized spacial score (nSPS) is 20.8. The lowest BCUT2D eigenvalue weighted by molar-refractivity contribution is -0.138. The van der Waals surface area contributed by atoms with Gasteiger partial charge in [0.05, 0.1) is 6.54 Å². The van der Waals surface area contributed by atoms with Crippen LogP contribution in [-0.4, -0.2) is 60.6 Å². The minimum absolute atomic E-state index is 0.0402. The average molecular weight is 466 g/mol. The van der Waals surface area contributed by atoms with Crippen LogP contribution in [0.2, 0.25) is 0 Å². The van der Waals surface area contributed by atoms with Crippen LogP contribution in [0.4, 0.5) is 10.5 Å². The van der Waals surface area contributed by atoms with Crippen molar-refractivity contribution >= 4 is 23.6 Å². The quantitative estimate of drug-likeness (QED) is 0.675.